The first-order valence-electron chi connectivity index (χ1n) is 7.80. The average molecular weight is 388 g/mol. The van der Waals surface area contributed by atoms with Gasteiger partial charge in [0.05, 0.1) is 19.3 Å². The second-order valence-corrected chi connectivity index (χ2v) is 6.48. The number of hydrogen-bond acceptors (Lipinski definition) is 4. The van der Waals surface area contributed by atoms with E-state index in [2.05, 4.69) is 31.2 Å². The molecule has 0 saturated carbocycles. The van der Waals surface area contributed by atoms with Crippen LogP contribution < -0.4 is 5.32 Å². The Morgan fingerprint density at radius 3 is 2.79 bits per heavy atom. The molecule has 1 aromatic heterocycles. The zero-order chi connectivity index (χ0) is 16.9. The number of halogens is 1. The number of amides is 1. The van der Waals surface area contributed by atoms with Crippen LogP contribution in [0, 0.1) is 0 Å². The topological polar surface area (TPSA) is 64.1 Å². The molecule has 124 valence electrons. The molecule has 5 nitrogen and oxygen atoms in total. The number of aromatic nitrogens is 2. The van der Waals surface area contributed by atoms with Crippen molar-refractivity contribution in [3.8, 4) is 0 Å². The number of rotatable bonds is 4. The fourth-order valence-electron chi connectivity index (χ4n) is 2.48. The highest BCUT2D eigenvalue weighted by atomic mass is 79.9. The van der Waals surface area contributed by atoms with Crippen LogP contribution in [-0.4, -0.2) is 29.1 Å². The molecule has 1 atom stereocenters. The SMILES string of the molecule is C[C@@H](NC(=O)c1ccnc(C2=CCOCC2)n1)c1ccc(Br)cc1. The lowest BCUT2D eigenvalue weighted by molar-refractivity contribution is 0.0934. The van der Waals surface area contributed by atoms with Gasteiger partial charge < -0.3 is 10.1 Å². The Hall–Kier alpha value is -2.05. The third-order valence-electron chi connectivity index (χ3n) is 3.86. The number of hydrogen-bond donors (Lipinski definition) is 1. The molecule has 1 N–H and O–H groups in total. The van der Waals surface area contributed by atoms with Crippen LogP contribution in [0.5, 0.6) is 0 Å². The van der Waals surface area contributed by atoms with E-state index in [1.165, 1.54) is 0 Å². The maximum absolute atomic E-state index is 12.5. The number of benzene rings is 1. The number of nitrogens with one attached hydrogen (secondary N) is 1. The van der Waals surface area contributed by atoms with Crippen LogP contribution in [0.2, 0.25) is 0 Å². The summed E-state index contributed by atoms with van der Waals surface area (Å²) >= 11 is 3.41. The first kappa shape index (κ1) is 16.8. The molecule has 1 amide bonds. The van der Waals surface area contributed by atoms with Gasteiger partial charge in [0.15, 0.2) is 5.82 Å². The molecule has 3 rings (SSSR count). The zero-order valence-electron chi connectivity index (χ0n) is 13.3. The summed E-state index contributed by atoms with van der Waals surface area (Å²) in [6.45, 7) is 3.17. The van der Waals surface area contributed by atoms with Crippen molar-refractivity contribution >= 4 is 27.4 Å². The maximum Gasteiger partial charge on any atom is 0.270 e. The van der Waals surface area contributed by atoms with Crippen molar-refractivity contribution in [2.45, 2.75) is 19.4 Å². The molecule has 2 aromatic rings. The molecule has 0 unspecified atom stereocenters. The molecule has 0 bridgehead atoms. The van der Waals surface area contributed by atoms with E-state index in [1.807, 2.05) is 37.3 Å². The highest BCUT2D eigenvalue weighted by Gasteiger charge is 2.15. The van der Waals surface area contributed by atoms with Crippen LogP contribution in [-0.2, 0) is 4.74 Å². The molecule has 0 fully saturated rings. The Kier molecular flexibility index (Phi) is 5.37. The summed E-state index contributed by atoms with van der Waals surface area (Å²) in [5, 5.41) is 2.97. The van der Waals surface area contributed by atoms with Crippen molar-refractivity contribution in [1.29, 1.82) is 0 Å². The Morgan fingerprint density at radius 1 is 1.29 bits per heavy atom. The number of ether oxygens (including phenoxy) is 1. The largest absolute Gasteiger partial charge is 0.377 e. The summed E-state index contributed by atoms with van der Waals surface area (Å²) < 4.78 is 6.30. The van der Waals surface area contributed by atoms with Crippen LogP contribution in [0.25, 0.3) is 5.57 Å². The first-order valence-corrected chi connectivity index (χ1v) is 8.59. The van der Waals surface area contributed by atoms with Crippen molar-refractivity contribution in [2.24, 2.45) is 0 Å². The van der Waals surface area contributed by atoms with Crippen LogP contribution in [0.4, 0.5) is 0 Å². The van der Waals surface area contributed by atoms with Crippen LogP contribution in [0.1, 0.15) is 41.3 Å². The van der Waals surface area contributed by atoms with Crippen LogP contribution >= 0.6 is 15.9 Å². The summed E-state index contributed by atoms with van der Waals surface area (Å²) in [5.41, 5.74) is 2.43. The van der Waals surface area contributed by atoms with Gasteiger partial charge in [-0.05, 0) is 42.7 Å². The maximum atomic E-state index is 12.5. The number of nitrogens with zero attached hydrogens (tertiary/aromatic N) is 2. The van der Waals surface area contributed by atoms with Crippen LogP contribution in [0.15, 0.2) is 47.1 Å². The molecule has 0 radical (unpaired) electrons. The Labute approximate surface area is 149 Å². The van der Waals surface area contributed by atoms with Gasteiger partial charge in [-0.2, -0.15) is 0 Å². The number of carbonyl (C=O) groups is 1. The van der Waals surface area contributed by atoms with E-state index >= 15 is 0 Å². The quantitative estimate of drug-likeness (QED) is 0.871. The molecular weight excluding hydrogens is 370 g/mol. The van der Waals surface area contributed by atoms with Crippen molar-refractivity contribution in [1.82, 2.24) is 15.3 Å². The smallest absolute Gasteiger partial charge is 0.270 e. The molecule has 0 saturated heterocycles. The fourth-order valence-corrected chi connectivity index (χ4v) is 2.74. The predicted octanol–water partition coefficient (Wildman–Crippen LogP) is 3.53. The molecule has 1 aliphatic heterocycles. The minimum Gasteiger partial charge on any atom is -0.377 e. The van der Waals surface area contributed by atoms with Crippen molar-refractivity contribution < 1.29 is 9.53 Å². The molecule has 0 spiro atoms. The minimum absolute atomic E-state index is 0.105. The zero-order valence-corrected chi connectivity index (χ0v) is 14.9. The summed E-state index contributed by atoms with van der Waals surface area (Å²) in [4.78, 5) is 21.2. The molecular formula is C18H18BrN3O2. The minimum atomic E-state index is -0.207. The van der Waals surface area contributed by atoms with Gasteiger partial charge in [-0.3, -0.25) is 4.79 Å². The lowest BCUT2D eigenvalue weighted by Crippen LogP contribution is -2.27. The predicted molar refractivity (Wildman–Crippen MR) is 95.5 cm³/mol. The normalized spacial score (nSPS) is 15.5. The highest BCUT2D eigenvalue weighted by Crippen LogP contribution is 2.19. The van der Waals surface area contributed by atoms with Gasteiger partial charge in [-0.1, -0.05) is 34.1 Å². The van der Waals surface area contributed by atoms with Gasteiger partial charge in [0.2, 0.25) is 0 Å². The van der Waals surface area contributed by atoms with E-state index in [4.69, 9.17) is 4.74 Å². The Bertz CT molecular complexity index is 759. The van der Waals surface area contributed by atoms with E-state index in [-0.39, 0.29) is 11.9 Å². The van der Waals surface area contributed by atoms with Gasteiger partial charge in [0.1, 0.15) is 5.69 Å². The highest BCUT2D eigenvalue weighted by molar-refractivity contribution is 9.10. The van der Waals surface area contributed by atoms with E-state index in [1.54, 1.807) is 12.3 Å². The van der Waals surface area contributed by atoms with E-state index in [0.717, 1.165) is 22.0 Å². The van der Waals surface area contributed by atoms with Crippen molar-refractivity contribution in [3.05, 3.63) is 64.2 Å². The molecule has 6 heteroatoms. The second kappa shape index (κ2) is 7.68. The number of carbonyl (C=O) groups excluding carboxylic acids is 1. The van der Waals surface area contributed by atoms with Gasteiger partial charge in [-0.15, -0.1) is 0 Å². The molecule has 0 aliphatic carbocycles. The molecule has 1 aliphatic rings. The van der Waals surface area contributed by atoms with E-state index in [0.29, 0.717) is 24.7 Å². The standard InChI is InChI=1S/C18H18BrN3O2/c1-12(13-2-4-15(19)5-3-13)21-18(23)16-6-9-20-17(22-16)14-7-10-24-11-8-14/h2-7,9,12H,8,10-11H2,1H3,(H,21,23)/t12-/m1/s1. The van der Waals surface area contributed by atoms with E-state index in [9.17, 15) is 4.79 Å². The van der Waals surface area contributed by atoms with Gasteiger partial charge in [-0.25, -0.2) is 9.97 Å². The summed E-state index contributed by atoms with van der Waals surface area (Å²) in [5.74, 6) is 0.393. The lowest BCUT2D eigenvalue weighted by atomic mass is 10.1. The monoisotopic (exact) mass is 387 g/mol. The summed E-state index contributed by atoms with van der Waals surface area (Å²) in [7, 11) is 0. The molecule has 1 aromatic carbocycles. The van der Waals surface area contributed by atoms with E-state index < -0.39 is 0 Å². The Balaban J connectivity index is 1.73. The lowest BCUT2D eigenvalue weighted by Gasteiger charge is -2.15. The van der Waals surface area contributed by atoms with Gasteiger partial charge in [0.25, 0.3) is 5.91 Å². The average Bonchev–Trinajstić information content (AvgIpc) is 2.63. The van der Waals surface area contributed by atoms with Gasteiger partial charge >= 0.3 is 0 Å². The van der Waals surface area contributed by atoms with Crippen molar-refractivity contribution in [3.63, 3.8) is 0 Å². The fraction of sp³-hybridized carbons (Fsp3) is 0.278. The van der Waals surface area contributed by atoms with Gasteiger partial charge in [0, 0.05) is 10.7 Å². The van der Waals surface area contributed by atoms with Crippen LogP contribution in [0.3, 0.4) is 0 Å². The third kappa shape index (κ3) is 4.07. The third-order valence-corrected chi connectivity index (χ3v) is 4.39. The Morgan fingerprint density at radius 2 is 2.08 bits per heavy atom. The summed E-state index contributed by atoms with van der Waals surface area (Å²) in [6, 6.07) is 9.40. The molecule has 2 heterocycles. The molecule has 24 heavy (non-hydrogen) atoms. The summed E-state index contributed by atoms with van der Waals surface area (Å²) in [6.07, 6.45) is 4.35. The first-order chi connectivity index (χ1) is 11.6. The van der Waals surface area contributed by atoms with Crippen molar-refractivity contribution in [2.75, 3.05) is 13.2 Å². The second-order valence-electron chi connectivity index (χ2n) is 5.57.